The van der Waals surface area contributed by atoms with Gasteiger partial charge in [0.1, 0.15) is 23.7 Å². The first-order valence-electron chi connectivity index (χ1n) is 18.8. The summed E-state index contributed by atoms with van der Waals surface area (Å²) in [5, 5.41) is 68.5. The van der Waals surface area contributed by atoms with Crippen molar-refractivity contribution < 1.29 is 88.3 Å². The SMILES string of the molecule is CN(C)CCC1CN(C)C(=O)c2cc([N+](=O)[O-])ccc2O1.CN(C)CCC1CN(C)C(=O)c2cc([N+](=O)[O-])ccc2O1.O=C(O)/C=C/C(=O)O.O=C(O)/C=C/C(=O)O.O=C(O)/C=C/C(=O)O. The highest BCUT2D eigenvalue weighted by Gasteiger charge is 2.30. The third-order valence-electron chi connectivity index (χ3n) is 7.95. The third-order valence-corrected chi connectivity index (χ3v) is 7.95. The first-order valence-corrected chi connectivity index (χ1v) is 18.8. The molecule has 2 atom stereocenters. The fourth-order valence-corrected chi connectivity index (χ4v) is 4.96. The van der Waals surface area contributed by atoms with Crippen LogP contribution in [0, 0.1) is 20.2 Å². The molecule has 0 spiro atoms. The molecule has 2 unspecified atom stereocenters. The number of carboxylic acids is 6. The van der Waals surface area contributed by atoms with Crippen LogP contribution in [0.1, 0.15) is 33.6 Å². The quantitative estimate of drug-likeness (QED) is 0.0894. The Labute approximate surface area is 375 Å². The number of rotatable bonds is 14. The Kier molecular flexibility index (Phi) is 25.5. The Balaban J connectivity index is 0.000000871. The summed E-state index contributed by atoms with van der Waals surface area (Å²) in [5.41, 5.74) is 0.287. The number of hydrogen-bond acceptors (Lipinski definition) is 16. The normalized spacial score (nSPS) is 15.0. The summed E-state index contributed by atoms with van der Waals surface area (Å²) in [6, 6.07) is 8.30. The molecule has 0 radical (unpaired) electrons. The number of fused-ring (bicyclic) bond motifs is 2. The van der Waals surface area contributed by atoms with Crippen molar-refractivity contribution in [2.24, 2.45) is 0 Å². The van der Waals surface area contributed by atoms with Gasteiger partial charge in [0, 0.05) is 87.9 Å². The van der Waals surface area contributed by atoms with Gasteiger partial charge < -0.3 is 59.7 Å². The fraction of sp³-hybridized carbons (Fsp3) is 0.350. The molecule has 26 heteroatoms. The number of amides is 2. The second kappa shape index (κ2) is 29.2. The number of benzene rings is 2. The van der Waals surface area contributed by atoms with Crippen LogP contribution in [0.4, 0.5) is 11.4 Å². The molecule has 66 heavy (non-hydrogen) atoms. The Hall–Kier alpha value is -8.26. The number of carboxylic acid groups (broad SMARTS) is 6. The Morgan fingerprint density at radius 3 is 1.05 bits per heavy atom. The zero-order valence-electron chi connectivity index (χ0n) is 36.4. The third kappa shape index (κ3) is 24.4. The first-order chi connectivity index (χ1) is 30.6. The molecule has 0 fully saturated rings. The zero-order valence-corrected chi connectivity index (χ0v) is 36.4. The smallest absolute Gasteiger partial charge is 0.328 e. The minimum absolute atomic E-state index is 0.106. The average molecular weight is 935 g/mol. The van der Waals surface area contributed by atoms with E-state index in [1.54, 1.807) is 23.9 Å². The van der Waals surface area contributed by atoms with E-state index in [0.717, 1.165) is 25.9 Å². The van der Waals surface area contributed by atoms with Crippen LogP contribution >= 0.6 is 0 Å². The number of nitro benzene ring substituents is 2. The highest BCUT2D eigenvalue weighted by atomic mass is 16.6. The van der Waals surface area contributed by atoms with E-state index in [0.29, 0.717) is 61.0 Å². The summed E-state index contributed by atoms with van der Waals surface area (Å²) in [5.74, 6) is -7.21. The molecule has 4 rings (SSSR count). The van der Waals surface area contributed by atoms with Crippen molar-refractivity contribution in [2.75, 3.05) is 68.5 Å². The Morgan fingerprint density at radius 1 is 0.576 bits per heavy atom. The van der Waals surface area contributed by atoms with Gasteiger partial charge in [-0.15, -0.1) is 0 Å². The molecule has 2 aromatic carbocycles. The molecule has 0 bridgehead atoms. The fourth-order valence-electron chi connectivity index (χ4n) is 4.96. The number of likely N-dealkylation sites (N-methyl/N-ethyl adjacent to an activating group) is 2. The molecule has 2 aliphatic heterocycles. The van der Waals surface area contributed by atoms with Crippen LogP contribution in [-0.4, -0.2) is 188 Å². The maximum atomic E-state index is 12.3. The van der Waals surface area contributed by atoms with Gasteiger partial charge in [0.25, 0.3) is 23.2 Å². The molecule has 26 nitrogen and oxygen atoms in total. The maximum Gasteiger partial charge on any atom is 0.328 e. The predicted molar refractivity (Wildman–Crippen MR) is 229 cm³/mol. The lowest BCUT2D eigenvalue weighted by Crippen LogP contribution is -2.35. The molecule has 0 aliphatic carbocycles. The monoisotopic (exact) mass is 934 g/mol. The molecule has 2 aromatic rings. The van der Waals surface area contributed by atoms with E-state index in [2.05, 4.69) is 0 Å². The maximum absolute atomic E-state index is 12.3. The van der Waals surface area contributed by atoms with Gasteiger partial charge in [0.2, 0.25) is 0 Å². The molecule has 2 aliphatic rings. The molecule has 2 amide bonds. The van der Waals surface area contributed by atoms with Crippen LogP contribution in [0.5, 0.6) is 11.5 Å². The van der Waals surface area contributed by atoms with Gasteiger partial charge in [-0.2, -0.15) is 0 Å². The minimum atomic E-state index is -1.26. The van der Waals surface area contributed by atoms with Crippen LogP contribution in [-0.2, 0) is 28.8 Å². The largest absolute Gasteiger partial charge is 0.488 e. The first kappa shape index (κ1) is 57.7. The van der Waals surface area contributed by atoms with Crippen LogP contribution < -0.4 is 9.47 Å². The molecule has 0 aromatic heterocycles. The number of nitro groups is 2. The number of carbonyl (C=O) groups is 8. The van der Waals surface area contributed by atoms with E-state index in [1.165, 1.54) is 36.4 Å². The van der Waals surface area contributed by atoms with Gasteiger partial charge in [-0.3, -0.25) is 29.8 Å². The van der Waals surface area contributed by atoms with Crippen molar-refractivity contribution >= 4 is 59.0 Å². The number of ether oxygens (including phenoxy) is 2. The molecule has 0 saturated heterocycles. The summed E-state index contributed by atoms with van der Waals surface area (Å²) in [6.07, 6.45) is 4.66. The molecule has 6 N–H and O–H groups in total. The lowest BCUT2D eigenvalue weighted by molar-refractivity contribution is -0.385. The average Bonchev–Trinajstić information content (AvgIpc) is 3.42. The van der Waals surface area contributed by atoms with Gasteiger partial charge >= 0.3 is 35.8 Å². The summed E-state index contributed by atoms with van der Waals surface area (Å²) < 4.78 is 11.7. The number of non-ortho nitro benzene ring substituents is 2. The topological polar surface area (TPSA) is 376 Å². The van der Waals surface area contributed by atoms with Crippen molar-refractivity contribution in [3.05, 3.63) is 104 Å². The molecular formula is C40H50N6O20. The highest BCUT2D eigenvalue weighted by molar-refractivity contribution is 5.98. The van der Waals surface area contributed by atoms with Gasteiger partial charge in [0.05, 0.1) is 34.1 Å². The highest BCUT2D eigenvalue weighted by Crippen LogP contribution is 2.30. The molecule has 360 valence electrons. The van der Waals surface area contributed by atoms with Crippen LogP contribution in [0.3, 0.4) is 0 Å². The standard InChI is InChI=1S/2C14H19N3O4.3C4H4O4/c2*1-15(2)7-6-11-9-16(3)14(18)12-8-10(17(19)20)4-5-13(12)21-11;3*5-3(6)1-2-4(7)8/h2*4-5,8,11H,6-7,9H2,1-3H3;3*1-2H,(H,5,6)(H,7,8)/b;;3*2-1+. The van der Waals surface area contributed by atoms with Crippen molar-refractivity contribution in [3.63, 3.8) is 0 Å². The lowest BCUT2D eigenvalue weighted by Gasteiger charge is -2.22. The van der Waals surface area contributed by atoms with E-state index in [4.69, 9.17) is 40.1 Å². The van der Waals surface area contributed by atoms with Crippen molar-refractivity contribution in [2.45, 2.75) is 25.0 Å². The summed E-state index contributed by atoms with van der Waals surface area (Å²) in [7, 11) is 11.3. The lowest BCUT2D eigenvalue weighted by atomic mass is 10.1. The molecule has 2 heterocycles. The predicted octanol–water partition coefficient (Wildman–Crippen LogP) is 1.89. The van der Waals surface area contributed by atoms with Crippen molar-refractivity contribution in [3.8, 4) is 11.5 Å². The van der Waals surface area contributed by atoms with Gasteiger partial charge in [-0.1, -0.05) is 0 Å². The van der Waals surface area contributed by atoms with Crippen molar-refractivity contribution in [1.82, 2.24) is 19.6 Å². The minimum Gasteiger partial charge on any atom is -0.488 e. The number of aliphatic carboxylic acids is 6. The van der Waals surface area contributed by atoms with Gasteiger partial charge in [-0.05, 0) is 53.2 Å². The summed E-state index contributed by atoms with van der Waals surface area (Å²) >= 11 is 0. The molecule has 0 saturated carbocycles. The van der Waals surface area contributed by atoms with Crippen LogP contribution in [0.25, 0.3) is 0 Å². The van der Waals surface area contributed by atoms with E-state index >= 15 is 0 Å². The van der Waals surface area contributed by atoms with Crippen molar-refractivity contribution in [1.29, 1.82) is 0 Å². The van der Waals surface area contributed by atoms with E-state index in [9.17, 15) is 58.6 Å². The summed E-state index contributed by atoms with van der Waals surface area (Å²) in [6.45, 7) is 2.62. The molecular weight excluding hydrogens is 884 g/mol. The van der Waals surface area contributed by atoms with Crippen LogP contribution in [0.2, 0.25) is 0 Å². The summed E-state index contributed by atoms with van der Waals surface area (Å²) in [4.78, 5) is 110. The van der Waals surface area contributed by atoms with E-state index < -0.39 is 45.7 Å². The Bertz CT molecular complexity index is 1940. The van der Waals surface area contributed by atoms with E-state index in [1.807, 2.05) is 38.0 Å². The van der Waals surface area contributed by atoms with E-state index in [-0.39, 0.29) is 46.5 Å². The van der Waals surface area contributed by atoms with Gasteiger partial charge in [-0.25, -0.2) is 28.8 Å². The number of carbonyl (C=O) groups excluding carboxylic acids is 2. The van der Waals surface area contributed by atoms with Gasteiger partial charge in [0.15, 0.2) is 0 Å². The number of hydrogen-bond donors (Lipinski definition) is 6. The number of nitrogens with zero attached hydrogens (tertiary/aromatic N) is 6. The second-order valence-electron chi connectivity index (χ2n) is 13.9. The Morgan fingerprint density at radius 2 is 0.833 bits per heavy atom. The second-order valence-corrected chi connectivity index (χ2v) is 13.9. The van der Waals surface area contributed by atoms with Crippen LogP contribution in [0.15, 0.2) is 72.9 Å². The zero-order chi connectivity index (χ0) is 50.8.